The van der Waals surface area contributed by atoms with Crippen LogP contribution in [0.25, 0.3) is 35.6 Å². The number of pyridine rings is 1. The van der Waals surface area contributed by atoms with Crippen molar-refractivity contribution < 1.29 is 14.3 Å². The van der Waals surface area contributed by atoms with Gasteiger partial charge in [0, 0.05) is 17.3 Å². The van der Waals surface area contributed by atoms with Gasteiger partial charge in [-0.2, -0.15) is 0 Å². The summed E-state index contributed by atoms with van der Waals surface area (Å²) in [7, 11) is 0. The zero-order valence-corrected chi connectivity index (χ0v) is 25.1. The first kappa shape index (κ1) is 31.2. The number of esters is 1. The highest BCUT2D eigenvalue weighted by molar-refractivity contribution is 5.86. The maximum atomic E-state index is 11.3. The molecule has 0 amide bonds. The Morgan fingerprint density at radius 1 is 0.651 bits per heavy atom. The fourth-order valence-corrected chi connectivity index (χ4v) is 4.45. The smallest absolute Gasteiger partial charge is 0.333 e. The molecule has 4 rings (SSSR count). The van der Waals surface area contributed by atoms with Gasteiger partial charge in [-0.05, 0) is 60.2 Å². The SMILES string of the molecule is C=C(C)C(=O)OCCCCCCCCOc1ccc(/C=C/c2ccc(/C=C/c3ccc(-c4ccccc4)nc3)cc2)cc1. The lowest BCUT2D eigenvalue weighted by molar-refractivity contribution is -0.139. The van der Waals surface area contributed by atoms with Crippen molar-refractivity contribution in [1.82, 2.24) is 4.98 Å². The molecule has 0 spiro atoms. The molecule has 0 N–H and O–H groups in total. The van der Waals surface area contributed by atoms with Crippen LogP contribution in [0.3, 0.4) is 0 Å². The molecule has 0 saturated carbocycles. The number of benzene rings is 3. The van der Waals surface area contributed by atoms with Crippen molar-refractivity contribution >= 4 is 30.3 Å². The molecule has 0 bridgehead atoms. The van der Waals surface area contributed by atoms with Crippen LogP contribution in [-0.2, 0) is 9.53 Å². The minimum atomic E-state index is -0.295. The van der Waals surface area contributed by atoms with E-state index in [1.165, 1.54) is 6.42 Å². The highest BCUT2D eigenvalue weighted by atomic mass is 16.5. The number of carbonyl (C=O) groups is 1. The molecule has 0 aliphatic rings. The van der Waals surface area contributed by atoms with Gasteiger partial charge in [-0.3, -0.25) is 4.98 Å². The van der Waals surface area contributed by atoms with Crippen LogP contribution in [-0.4, -0.2) is 24.2 Å². The predicted molar refractivity (Wildman–Crippen MR) is 179 cm³/mol. The van der Waals surface area contributed by atoms with E-state index in [0.29, 0.717) is 12.2 Å². The number of hydrogen-bond acceptors (Lipinski definition) is 4. The fourth-order valence-electron chi connectivity index (χ4n) is 4.45. The minimum absolute atomic E-state index is 0.295. The zero-order valence-electron chi connectivity index (χ0n) is 25.1. The van der Waals surface area contributed by atoms with Gasteiger partial charge in [-0.1, -0.05) is 129 Å². The lowest BCUT2D eigenvalue weighted by atomic mass is 10.1. The molecule has 0 unspecified atom stereocenters. The molecule has 4 heteroatoms. The van der Waals surface area contributed by atoms with E-state index in [9.17, 15) is 4.79 Å². The van der Waals surface area contributed by atoms with Gasteiger partial charge in [0.25, 0.3) is 0 Å². The van der Waals surface area contributed by atoms with Gasteiger partial charge in [-0.15, -0.1) is 0 Å². The first-order chi connectivity index (χ1) is 21.1. The average Bonchev–Trinajstić information content (AvgIpc) is 3.05. The van der Waals surface area contributed by atoms with E-state index in [0.717, 1.165) is 78.0 Å². The molecule has 4 aromatic rings. The van der Waals surface area contributed by atoms with E-state index in [1.807, 2.05) is 36.5 Å². The molecule has 0 aliphatic carbocycles. The van der Waals surface area contributed by atoms with Gasteiger partial charge >= 0.3 is 5.97 Å². The first-order valence-electron chi connectivity index (χ1n) is 15.1. The molecule has 1 aromatic heterocycles. The summed E-state index contributed by atoms with van der Waals surface area (Å²) in [5.41, 5.74) is 7.07. The van der Waals surface area contributed by atoms with Gasteiger partial charge in [0.2, 0.25) is 0 Å². The third kappa shape index (κ3) is 11.2. The van der Waals surface area contributed by atoms with Crippen LogP contribution in [0.1, 0.15) is 67.7 Å². The highest BCUT2D eigenvalue weighted by Gasteiger charge is 2.02. The molecule has 220 valence electrons. The number of carbonyl (C=O) groups excluding carboxylic acids is 1. The van der Waals surface area contributed by atoms with Gasteiger partial charge in [0.15, 0.2) is 0 Å². The average molecular weight is 572 g/mol. The van der Waals surface area contributed by atoms with Crippen molar-refractivity contribution in [2.45, 2.75) is 45.4 Å². The standard InChI is InChI=1S/C39H41NO3/c1-31(2)39(41)43-29-11-6-4-3-5-10-28-42-37-25-22-34(23-26-37)19-18-32-14-16-33(17-15-32)20-21-35-24-27-38(40-30-35)36-12-8-7-9-13-36/h7-9,12-27,30H,1,3-6,10-11,28-29H2,2H3/b19-18+,21-20+. The Bertz CT molecular complexity index is 1470. The highest BCUT2D eigenvalue weighted by Crippen LogP contribution is 2.19. The lowest BCUT2D eigenvalue weighted by Crippen LogP contribution is -2.06. The Balaban J connectivity index is 1.12. The molecule has 43 heavy (non-hydrogen) atoms. The molecule has 1 heterocycles. The molecule has 3 aromatic carbocycles. The van der Waals surface area contributed by atoms with Crippen molar-refractivity contribution in [2.24, 2.45) is 0 Å². The van der Waals surface area contributed by atoms with E-state index in [1.54, 1.807) is 6.92 Å². The Morgan fingerprint density at radius 3 is 1.72 bits per heavy atom. The van der Waals surface area contributed by atoms with Gasteiger partial charge < -0.3 is 9.47 Å². The van der Waals surface area contributed by atoms with Gasteiger partial charge in [0.1, 0.15) is 5.75 Å². The molecular formula is C39H41NO3. The maximum absolute atomic E-state index is 11.3. The molecule has 0 saturated heterocycles. The molecule has 4 nitrogen and oxygen atoms in total. The lowest BCUT2D eigenvalue weighted by Gasteiger charge is -2.07. The Morgan fingerprint density at radius 2 is 1.16 bits per heavy atom. The van der Waals surface area contributed by atoms with Gasteiger partial charge in [0.05, 0.1) is 18.9 Å². The maximum Gasteiger partial charge on any atom is 0.333 e. The topological polar surface area (TPSA) is 48.4 Å². The van der Waals surface area contributed by atoms with E-state index >= 15 is 0 Å². The van der Waals surface area contributed by atoms with Crippen LogP contribution in [0.5, 0.6) is 5.75 Å². The molecular weight excluding hydrogens is 530 g/mol. The second-order valence-electron chi connectivity index (χ2n) is 10.6. The van der Waals surface area contributed by atoms with Crippen LogP contribution in [0, 0.1) is 0 Å². The van der Waals surface area contributed by atoms with E-state index in [-0.39, 0.29) is 5.97 Å². The Kier molecular flexibility index (Phi) is 12.6. The van der Waals surface area contributed by atoms with E-state index in [2.05, 4.69) is 96.5 Å². The second kappa shape index (κ2) is 17.3. The third-order valence-corrected chi connectivity index (χ3v) is 7.00. The second-order valence-corrected chi connectivity index (χ2v) is 10.6. The number of nitrogens with zero attached hydrogens (tertiary/aromatic N) is 1. The summed E-state index contributed by atoms with van der Waals surface area (Å²) < 4.78 is 11.0. The number of hydrogen-bond donors (Lipinski definition) is 0. The minimum Gasteiger partial charge on any atom is -0.494 e. The Hall–Kier alpha value is -4.70. The van der Waals surface area contributed by atoms with Crippen LogP contribution in [0.2, 0.25) is 0 Å². The normalized spacial score (nSPS) is 11.2. The van der Waals surface area contributed by atoms with Crippen molar-refractivity contribution in [3.8, 4) is 17.0 Å². The molecule has 0 aliphatic heterocycles. The van der Waals surface area contributed by atoms with Crippen molar-refractivity contribution in [3.63, 3.8) is 0 Å². The summed E-state index contributed by atoms with van der Waals surface area (Å²) in [5.74, 6) is 0.605. The van der Waals surface area contributed by atoms with Crippen molar-refractivity contribution in [2.75, 3.05) is 13.2 Å². The number of ether oxygens (including phenoxy) is 2. The van der Waals surface area contributed by atoms with Crippen LogP contribution < -0.4 is 4.74 Å². The first-order valence-corrected chi connectivity index (χ1v) is 15.1. The quantitative estimate of drug-likeness (QED) is 0.0581. The summed E-state index contributed by atoms with van der Waals surface area (Å²) in [5, 5.41) is 0. The number of rotatable bonds is 16. The summed E-state index contributed by atoms with van der Waals surface area (Å²) in [6, 6.07) is 31.1. The van der Waals surface area contributed by atoms with E-state index < -0.39 is 0 Å². The largest absolute Gasteiger partial charge is 0.494 e. The molecule has 0 atom stereocenters. The van der Waals surface area contributed by atoms with Crippen molar-refractivity contribution in [1.29, 1.82) is 0 Å². The molecule has 0 radical (unpaired) electrons. The number of unbranched alkanes of at least 4 members (excludes halogenated alkanes) is 5. The summed E-state index contributed by atoms with van der Waals surface area (Å²) in [4.78, 5) is 15.9. The van der Waals surface area contributed by atoms with Crippen LogP contribution in [0.15, 0.2) is 109 Å². The Labute approximate surface area is 256 Å². The zero-order chi connectivity index (χ0) is 30.1. The van der Waals surface area contributed by atoms with E-state index in [4.69, 9.17) is 9.47 Å². The van der Waals surface area contributed by atoms with Gasteiger partial charge in [-0.25, -0.2) is 4.79 Å². The molecule has 0 fully saturated rings. The summed E-state index contributed by atoms with van der Waals surface area (Å²) >= 11 is 0. The summed E-state index contributed by atoms with van der Waals surface area (Å²) in [6.45, 7) is 6.46. The monoisotopic (exact) mass is 571 g/mol. The predicted octanol–water partition coefficient (Wildman–Crippen LogP) is 9.93. The number of aromatic nitrogens is 1. The third-order valence-electron chi connectivity index (χ3n) is 7.00. The summed E-state index contributed by atoms with van der Waals surface area (Å²) in [6.07, 6.45) is 16.8. The van der Waals surface area contributed by atoms with Crippen LogP contribution in [0.4, 0.5) is 0 Å². The fraction of sp³-hybridized carbons (Fsp3) is 0.231. The van der Waals surface area contributed by atoms with Crippen LogP contribution >= 0.6 is 0 Å². The van der Waals surface area contributed by atoms with Crippen molar-refractivity contribution in [3.05, 3.63) is 132 Å².